The molecule has 0 amide bonds. The van der Waals surface area contributed by atoms with Crippen LogP contribution in [0.25, 0.3) is 0 Å². The van der Waals surface area contributed by atoms with Crippen molar-refractivity contribution in [1.82, 2.24) is 4.98 Å². The minimum Gasteiger partial charge on any atom is -0.489 e. The molecule has 1 unspecified atom stereocenters. The van der Waals surface area contributed by atoms with E-state index < -0.39 is 6.29 Å². The Bertz CT molecular complexity index is 940. The number of hydrogen-bond donors (Lipinski definition) is 2. The van der Waals surface area contributed by atoms with Gasteiger partial charge in [-0.05, 0) is 72.8 Å². The monoisotopic (exact) mass is 464 g/mol. The average molecular weight is 465 g/mol. The normalized spacial score (nSPS) is 18.6. The van der Waals surface area contributed by atoms with Crippen LogP contribution in [0.4, 0.5) is 0 Å². The predicted molar refractivity (Wildman–Crippen MR) is 134 cm³/mol. The molecule has 6 heteroatoms. The summed E-state index contributed by atoms with van der Waals surface area (Å²) in [4.78, 5) is 16.9. The molecule has 2 aliphatic carbocycles. The number of aliphatic hydroxyl groups excluding tert-OH is 1. The Kier molecular flexibility index (Phi) is 10.5. The van der Waals surface area contributed by atoms with Gasteiger partial charge in [-0.3, -0.25) is 9.78 Å². The van der Waals surface area contributed by atoms with E-state index in [1.807, 2.05) is 36.4 Å². The van der Waals surface area contributed by atoms with E-state index in [-0.39, 0.29) is 24.9 Å². The summed E-state index contributed by atoms with van der Waals surface area (Å²) in [7, 11) is 0. The maximum atomic E-state index is 12.9. The van der Waals surface area contributed by atoms with Crippen molar-refractivity contribution in [3.05, 3.63) is 89.5 Å². The van der Waals surface area contributed by atoms with Gasteiger partial charge in [0.15, 0.2) is 12.1 Å². The Labute approximate surface area is 202 Å². The molecule has 1 aromatic heterocycles. The van der Waals surface area contributed by atoms with Crippen LogP contribution in [0.5, 0.6) is 0 Å². The second kappa shape index (κ2) is 13.8. The maximum Gasteiger partial charge on any atom is 0.189 e. The van der Waals surface area contributed by atoms with E-state index in [9.17, 15) is 9.90 Å². The maximum absolute atomic E-state index is 12.9. The van der Waals surface area contributed by atoms with Crippen molar-refractivity contribution in [2.45, 2.75) is 63.8 Å². The Hall–Kier alpha value is -2.80. The number of aliphatic hydroxyl groups is 1. The minimum absolute atomic E-state index is 0.0180. The fourth-order valence-corrected chi connectivity index (χ4v) is 4.25. The molecule has 182 valence electrons. The van der Waals surface area contributed by atoms with Crippen molar-refractivity contribution in [2.24, 2.45) is 5.73 Å². The van der Waals surface area contributed by atoms with Crippen LogP contribution in [-0.4, -0.2) is 41.4 Å². The lowest BCUT2D eigenvalue weighted by molar-refractivity contribution is -0.165. The number of carbonyl (C=O) groups excluding carboxylic acids is 1. The fourth-order valence-electron chi connectivity index (χ4n) is 4.25. The standard InChI is InChI=1S/C28H36N2O4/c1-2-22(27(31)17-21-12-15-30-16-13-21)18-24(11-14-29)23-7-6-10-26(19-23)33-20-28(32)34-25-8-4-3-5-9-25/h2,10-13,15-16,18-19,25,28,32H,1,3-9,14,17,20,29H2/b22-18+,24-11-. The van der Waals surface area contributed by atoms with Gasteiger partial charge in [0.05, 0.1) is 6.10 Å². The van der Waals surface area contributed by atoms with Crippen LogP contribution in [0.2, 0.25) is 0 Å². The summed E-state index contributed by atoms with van der Waals surface area (Å²) in [6, 6.07) is 3.67. The Balaban J connectivity index is 1.64. The molecule has 3 N–H and O–H groups in total. The number of carbonyl (C=O) groups is 1. The second-order valence-corrected chi connectivity index (χ2v) is 8.63. The van der Waals surface area contributed by atoms with Crippen LogP contribution < -0.4 is 5.73 Å². The van der Waals surface area contributed by atoms with Gasteiger partial charge in [0.1, 0.15) is 12.4 Å². The summed E-state index contributed by atoms with van der Waals surface area (Å²) in [5.41, 5.74) is 9.18. The molecule has 1 heterocycles. The number of aromatic nitrogens is 1. The summed E-state index contributed by atoms with van der Waals surface area (Å²) in [5, 5.41) is 10.2. The van der Waals surface area contributed by atoms with Gasteiger partial charge in [-0.1, -0.05) is 38.0 Å². The number of nitrogens with two attached hydrogens (primary N) is 1. The van der Waals surface area contributed by atoms with Gasteiger partial charge in [-0.2, -0.15) is 0 Å². The van der Waals surface area contributed by atoms with Crippen molar-refractivity contribution in [3.8, 4) is 0 Å². The predicted octanol–water partition coefficient (Wildman–Crippen LogP) is 4.48. The molecular weight excluding hydrogens is 428 g/mol. The third-order valence-electron chi connectivity index (χ3n) is 6.05. The van der Waals surface area contributed by atoms with E-state index in [1.165, 1.54) is 6.42 Å². The molecule has 6 nitrogen and oxygen atoms in total. The van der Waals surface area contributed by atoms with Gasteiger partial charge >= 0.3 is 0 Å². The van der Waals surface area contributed by atoms with Crippen molar-refractivity contribution in [3.63, 3.8) is 0 Å². The molecular formula is C28H36N2O4. The number of rotatable bonds is 12. The number of hydrogen-bond acceptors (Lipinski definition) is 6. The Morgan fingerprint density at radius 2 is 2.03 bits per heavy atom. The summed E-state index contributed by atoms with van der Waals surface area (Å²) in [6.45, 7) is 4.27. The van der Waals surface area contributed by atoms with E-state index in [1.54, 1.807) is 18.5 Å². The third-order valence-corrected chi connectivity index (χ3v) is 6.05. The first-order valence-electron chi connectivity index (χ1n) is 12.1. The van der Waals surface area contributed by atoms with Crippen LogP contribution in [-0.2, 0) is 20.7 Å². The smallest absolute Gasteiger partial charge is 0.189 e. The molecule has 1 atom stereocenters. The molecule has 0 spiro atoms. The van der Waals surface area contributed by atoms with Crippen LogP contribution in [0.1, 0.15) is 50.5 Å². The molecule has 1 fully saturated rings. The number of allylic oxidation sites excluding steroid dienone is 7. The quantitative estimate of drug-likeness (QED) is 0.269. The van der Waals surface area contributed by atoms with Crippen LogP contribution in [0.15, 0.2) is 84.0 Å². The van der Waals surface area contributed by atoms with E-state index in [4.69, 9.17) is 15.2 Å². The highest BCUT2D eigenvalue weighted by molar-refractivity contribution is 5.99. The molecule has 0 aliphatic heterocycles. The van der Waals surface area contributed by atoms with Gasteiger partial charge < -0.3 is 20.3 Å². The van der Waals surface area contributed by atoms with Crippen LogP contribution in [0.3, 0.4) is 0 Å². The largest absolute Gasteiger partial charge is 0.489 e. The van der Waals surface area contributed by atoms with Crippen molar-refractivity contribution in [2.75, 3.05) is 13.2 Å². The van der Waals surface area contributed by atoms with Crippen LogP contribution in [0, 0.1) is 0 Å². The first kappa shape index (κ1) is 25.8. The highest BCUT2D eigenvalue weighted by Crippen LogP contribution is 2.27. The molecule has 0 radical (unpaired) electrons. The summed E-state index contributed by atoms with van der Waals surface area (Å²) in [5.74, 6) is 0.669. The SMILES string of the molecule is C=C/C(=C\C(=C\CN)C1=CC(OCC(O)OC2CCCCC2)=CCC1)C(=O)Cc1ccncc1. The first-order valence-corrected chi connectivity index (χ1v) is 12.1. The molecule has 0 bridgehead atoms. The van der Waals surface area contributed by atoms with Gasteiger partial charge in [0, 0.05) is 30.9 Å². The topological polar surface area (TPSA) is 94.7 Å². The number of pyridine rings is 1. The summed E-state index contributed by atoms with van der Waals surface area (Å²) in [6.07, 6.45) is 19.2. The van der Waals surface area contributed by atoms with E-state index in [2.05, 4.69) is 11.6 Å². The van der Waals surface area contributed by atoms with E-state index in [0.717, 1.165) is 55.2 Å². The number of Topliss-reactive ketones (excluding diaryl/α,β-unsaturated/α-hetero) is 1. The van der Waals surface area contributed by atoms with Crippen LogP contribution >= 0.6 is 0 Å². The van der Waals surface area contributed by atoms with Crippen molar-refractivity contribution >= 4 is 5.78 Å². The zero-order valence-corrected chi connectivity index (χ0v) is 19.8. The molecule has 1 aromatic rings. The summed E-state index contributed by atoms with van der Waals surface area (Å²) >= 11 is 0. The summed E-state index contributed by atoms with van der Waals surface area (Å²) < 4.78 is 11.6. The molecule has 1 saturated carbocycles. The highest BCUT2D eigenvalue weighted by Gasteiger charge is 2.19. The Morgan fingerprint density at radius 3 is 2.74 bits per heavy atom. The molecule has 34 heavy (non-hydrogen) atoms. The fraction of sp³-hybridized carbons (Fsp3) is 0.429. The lowest BCUT2D eigenvalue weighted by Gasteiger charge is -2.25. The lowest BCUT2D eigenvalue weighted by atomic mass is 9.93. The van der Waals surface area contributed by atoms with Gasteiger partial charge in [0.25, 0.3) is 0 Å². The molecule has 0 saturated heterocycles. The zero-order valence-electron chi connectivity index (χ0n) is 19.8. The average Bonchev–Trinajstić information content (AvgIpc) is 2.86. The Morgan fingerprint density at radius 1 is 1.26 bits per heavy atom. The molecule has 2 aliphatic rings. The number of ketones is 1. The third kappa shape index (κ3) is 8.20. The second-order valence-electron chi connectivity index (χ2n) is 8.63. The van der Waals surface area contributed by atoms with Crippen molar-refractivity contribution < 1.29 is 19.4 Å². The molecule has 3 rings (SSSR count). The van der Waals surface area contributed by atoms with E-state index >= 15 is 0 Å². The van der Waals surface area contributed by atoms with Crippen molar-refractivity contribution in [1.29, 1.82) is 0 Å². The molecule has 0 aromatic carbocycles. The highest BCUT2D eigenvalue weighted by atomic mass is 16.6. The number of nitrogens with zero attached hydrogens (tertiary/aromatic N) is 1. The zero-order chi connectivity index (χ0) is 24.2. The van der Waals surface area contributed by atoms with Gasteiger partial charge in [-0.15, -0.1) is 0 Å². The first-order chi connectivity index (χ1) is 16.6. The van der Waals surface area contributed by atoms with Gasteiger partial charge in [0.2, 0.25) is 0 Å². The van der Waals surface area contributed by atoms with E-state index in [0.29, 0.717) is 17.9 Å². The number of ether oxygens (including phenoxy) is 2. The van der Waals surface area contributed by atoms with Gasteiger partial charge in [-0.25, -0.2) is 0 Å². The lowest BCUT2D eigenvalue weighted by Crippen LogP contribution is -2.27. The minimum atomic E-state index is -0.945.